The third kappa shape index (κ3) is 3.26. The summed E-state index contributed by atoms with van der Waals surface area (Å²) in [6.45, 7) is 2.21. The number of anilines is 1. The van der Waals surface area contributed by atoms with Gasteiger partial charge < -0.3 is 4.90 Å². The maximum atomic E-state index is 12.2. The Morgan fingerprint density at radius 2 is 2.26 bits per heavy atom. The number of hydrogen-bond acceptors (Lipinski definition) is 6. The van der Waals surface area contributed by atoms with E-state index in [0.717, 1.165) is 5.75 Å². The Balaban J connectivity index is 2.42. The molecule has 0 aromatic carbocycles. The minimum atomic E-state index is -3.21. The number of thioether (sulfide) groups is 1. The summed E-state index contributed by atoms with van der Waals surface area (Å²) < 4.78 is 24.3. The van der Waals surface area contributed by atoms with Gasteiger partial charge in [-0.15, -0.1) is 0 Å². The summed E-state index contributed by atoms with van der Waals surface area (Å²) in [6, 6.07) is 0. The van der Waals surface area contributed by atoms with Gasteiger partial charge in [0.15, 0.2) is 15.7 Å². The molecule has 0 saturated carbocycles. The van der Waals surface area contributed by atoms with Crippen molar-refractivity contribution in [2.75, 3.05) is 28.7 Å². The number of aromatic nitrogens is 2. The fourth-order valence-electron chi connectivity index (χ4n) is 1.85. The third-order valence-electron chi connectivity index (χ3n) is 2.87. The Kier molecular flexibility index (Phi) is 4.81. The highest BCUT2D eigenvalue weighted by Crippen LogP contribution is 2.31. The molecule has 106 valence electrons. The number of rotatable bonds is 3. The van der Waals surface area contributed by atoms with E-state index in [-0.39, 0.29) is 11.0 Å². The van der Waals surface area contributed by atoms with Crippen molar-refractivity contribution >= 4 is 50.6 Å². The van der Waals surface area contributed by atoms with Crippen LogP contribution in [0.5, 0.6) is 0 Å². The maximum Gasteiger partial charge on any atom is 0.224 e. The highest BCUT2D eigenvalue weighted by molar-refractivity contribution is 8.01. The van der Waals surface area contributed by atoms with Crippen molar-refractivity contribution in [1.82, 2.24) is 9.97 Å². The van der Waals surface area contributed by atoms with Crippen molar-refractivity contribution in [3.63, 3.8) is 0 Å². The summed E-state index contributed by atoms with van der Waals surface area (Å²) in [7, 11) is -3.21. The van der Waals surface area contributed by atoms with Gasteiger partial charge in [0.2, 0.25) is 5.28 Å². The van der Waals surface area contributed by atoms with Gasteiger partial charge in [0.05, 0.1) is 6.20 Å². The smallest absolute Gasteiger partial charge is 0.224 e. The van der Waals surface area contributed by atoms with Crippen molar-refractivity contribution in [1.29, 1.82) is 0 Å². The van der Waals surface area contributed by atoms with Crippen LogP contribution >= 0.6 is 35.0 Å². The van der Waals surface area contributed by atoms with E-state index in [9.17, 15) is 8.42 Å². The highest BCUT2D eigenvalue weighted by Gasteiger charge is 2.34. The average Bonchev–Trinajstić information content (AvgIpc) is 2.41. The first-order chi connectivity index (χ1) is 8.95. The second kappa shape index (κ2) is 6.03. The minimum Gasteiger partial charge on any atom is -0.337 e. The molecule has 9 heteroatoms. The van der Waals surface area contributed by atoms with Crippen LogP contribution in [0, 0.1) is 0 Å². The van der Waals surface area contributed by atoms with Gasteiger partial charge in [-0.2, -0.15) is 16.7 Å². The normalized spacial score (nSPS) is 20.6. The third-order valence-corrected chi connectivity index (χ3v) is 6.61. The van der Waals surface area contributed by atoms with E-state index >= 15 is 0 Å². The molecule has 0 spiro atoms. The van der Waals surface area contributed by atoms with Gasteiger partial charge in [-0.25, -0.2) is 13.4 Å². The number of sulfone groups is 1. The maximum absolute atomic E-state index is 12.2. The lowest BCUT2D eigenvalue weighted by molar-refractivity contribution is 0.579. The summed E-state index contributed by atoms with van der Waals surface area (Å²) in [5.74, 6) is 1.82. The Labute approximate surface area is 126 Å². The van der Waals surface area contributed by atoms with Crippen LogP contribution in [0.25, 0.3) is 0 Å². The van der Waals surface area contributed by atoms with Crippen molar-refractivity contribution in [3.8, 4) is 0 Å². The Bertz CT molecular complexity index is 568. The molecule has 1 saturated heterocycles. The van der Waals surface area contributed by atoms with E-state index < -0.39 is 15.2 Å². The predicted molar refractivity (Wildman–Crippen MR) is 80.0 cm³/mol. The first kappa shape index (κ1) is 15.2. The van der Waals surface area contributed by atoms with Crippen LogP contribution < -0.4 is 4.90 Å². The molecule has 1 aliphatic heterocycles. The SMILES string of the molecule is CCS(=O)(=O)C1CSCCN1c1nc(Cl)ncc1Cl. The van der Waals surface area contributed by atoms with Crippen molar-refractivity contribution in [2.45, 2.75) is 12.3 Å². The molecule has 0 bridgehead atoms. The van der Waals surface area contributed by atoms with Gasteiger partial charge in [-0.3, -0.25) is 0 Å². The van der Waals surface area contributed by atoms with E-state index in [1.807, 2.05) is 0 Å². The topological polar surface area (TPSA) is 63.2 Å². The molecule has 1 fully saturated rings. The van der Waals surface area contributed by atoms with Gasteiger partial charge in [-0.1, -0.05) is 18.5 Å². The highest BCUT2D eigenvalue weighted by atomic mass is 35.5. The molecule has 0 radical (unpaired) electrons. The van der Waals surface area contributed by atoms with Crippen molar-refractivity contribution in [3.05, 3.63) is 16.5 Å². The lowest BCUT2D eigenvalue weighted by atomic mass is 10.4. The Morgan fingerprint density at radius 1 is 1.53 bits per heavy atom. The van der Waals surface area contributed by atoms with Gasteiger partial charge >= 0.3 is 0 Å². The van der Waals surface area contributed by atoms with Gasteiger partial charge in [0.1, 0.15) is 10.4 Å². The molecule has 0 amide bonds. The second-order valence-corrected chi connectivity index (χ2v) is 8.33. The molecular formula is C10H13Cl2N3O2S2. The largest absolute Gasteiger partial charge is 0.337 e. The molecule has 1 aromatic heterocycles. The molecule has 0 N–H and O–H groups in total. The summed E-state index contributed by atoms with van der Waals surface area (Å²) in [5.41, 5.74) is 0. The van der Waals surface area contributed by atoms with Crippen LogP contribution in [0.2, 0.25) is 10.3 Å². The number of hydrogen-bond donors (Lipinski definition) is 0. The van der Waals surface area contributed by atoms with E-state index in [2.05, 4.69) is 9.97 Å². The predicted octanol–water partition coefficient (Wildman–Crippen LogP) is 2.10. The first-order valence-electron chi connectivity index (χ1n) is 5.69. The monoisotopic (exact) mass is 341 g/mol. The van der Waals surface area contributed by atoms with E-state index in [4.69, 9.17) is 23.2 Å². The fourth-order valence-corrected chi connectivity index (χ4v) is 5.15. The quantitative estimate of drug-likeness (QED) is 0.784. The lowest BCUT2D eigenvalue weighted by Gasteiger charge is -2.35. The zero-order chi connectivity index (χ0) is 14.0. The summed E-state index contributed by atoms with van der Waals surface area (Å²) in [6.07, 6.45) is 1.39. The summed E-state index contributed by atoms with van der Waals surface area (Å²) in [4.78, 5) is 9.57. The number of nitrogens with zero attached hydrogens (tertiary/aromatic N) is 3. The van der Waals surface area contributed by atoms with Gasteiger partial charge in [-0.05, 0) is 11.6 Å². The zero-order valence-corrected chi connectivity index (χ0v) is 13.4. The first-order valence-corrected chi connectivity index (χ1v) is 9.32. The summed E-state index contributed by atoms with van der Waals surface area (Å²) >= 11 is 13.4. The van der Waals surface area contributed by atoms with Crippen LogP contribution in [-0.4, -0.2) is 47.6 Å². The lowest BCUT2D eigenvalue weighted by Crippen LogP contribution is -2.48. The molecule has 0 aliphatic carbocycles. The van der Waals surface area contributed by atoms with Crippen LogP contribution in [-0.2, 0) is 9.84 Å². The second-order valence-electron chi connectivity index (χ2n) is 3.99. The summed E-state index contributed by atoms with van der Waals surface area (Å²) in [5, 5.41) is -0.238. The molecule has 5 nitrogen and oxygen atoms in total. The average molecular weight is 342 g/mol. The zero-order valence-electron chi connectivity index (χ0n) is 10.2. The van der Waals surface area contributed by atoms with Crippen LogP contribution in [0.1, 0.15) is 6.92 Å². The van der Waals surface area contributed by atoms with Gasteiger partial charge in [0.25, 0.3) is 0 Å². The fraction of sp³-hybridized carbons (Fsp3) is 0.600. The van der Waals surface area contributed by atoms with Crippen LogP contribution in [0.3, 0.4) is 0 Å². The number of halogens is 2. The molecular weight excluding hydrogens is 329 g/mol. The standard InChI is InChI=1S/C10H13Cl2N3O2S2/c1-2-19(16,17)8-6-18-4-3-15(8)9-7(11)5-13-10(12)14-9/h5,8H,2-4,6H2,1H3. The molecule has 1 unspecified atom stereocenters. The molecule has 2 rings (SSSR count). The van der Waals surface area contributed by atoms with Crippen LogP contribution in [0.4, 0.5) is 5.82 Å². The van der Waals surface area contributed by atoms with Crippen molar-refractivity contribution < 1.29 is 8.42 Å². The molecule has 2 heterocycles. The Morgan fingerprint density at radius 3 is 2.95 bits per heavy atom. The van der Waals surface area contributed by atoms with Crippen molar-refractivity contribution in [2.24, 2.45) is 0 Å². The minimum absolute atomic E-state index is 0.0604. The molecule has 1 atom stereocenters. The van der Waals surface area contributed by atoms with E-state index in [1.165, 1.54) is 6.20 Å². The molecule has 19 heavy (non-hydrogen) atoms. The molecule has 1 aromatic rings. The van der Waals surface area contributed by atoms with Gasteiger partial charge in [0, 0.05) is 23.8 Å². The van der Waals surface area contributed by atoms with E-state index in [1.54, 1.807) is 23.6 Å². The van der Waals surface area contributed by atoms with E-state index in [0.29, 0.717) is 23.1 Å². The molecule has 1 aliphatic rings. The van der Waals surface area contributed by atoms with Crippen LogP contribution in [0.15, 0.2) is 6.20 Å². The Hall–Kier alpha value is -0.240.